The van der Waals surface area contributed by atoms with Crippen molar-refractivity contribution in [1.82, 2.24) is 4.98 Å². The molecule has 1 N–H and O–H groups in total. The van der Waals surface area contributed by atoms with E-state index in [1.54, 1.807) is 13.0 Å². The van der Waals surface area contributed by atoms with E-state index in [0.29, 0.717) is 6.42 Å². The summed E-state index contributed by atoms with van der Waals surface area (Å²) in [4.78, 5) is 24.5. The molecule has 0 bridgehead atoms. The van der Waals surface area contributed by atoms with Crippen LogP contribution < -0.4 is 0 Å². The summed E-state index contributed by atoms with van der Waals surface area (Å²) in [5, 5.41) is 11.7. The van der Waals surface area contributed by atoms with Crippen molar-refractivity contribution >= 4 is 27.9 Å². The van der Waals surface area contributed by atoms with Gasteiger partial charge in [-0.3, -0.25) is 14.9 Å². The second kappa shape index (κ2) is 5.69. The molecule has 0 fully saturated rings. The van der Waals surface area contributed by atoms with Gasteiger partial charge in [0, 0.05) is 35.7 Å². The molecule has 1 heterocycles. The van der Waals surface area contributed by atoms with Gasteiger partial charge in [-0.2, -0.15) is 0 Å². The van der Waals surface area contributed by atoms with Gasteiger partial charge in [0.1, 0.15) is 5.78 Å². The van der Waals surface area contributed by atoms with Crippen LogP contribution in [0.4, 0.5) is 5.69 Å². The van der Waals surface area contributed by atoms with Gasteiger partial charge >= 0.3 is 0 Å². The Kier molecular flexibility index (Phi) is 3.98. The van der Waals surface area contributed by atoms with E-state index in [9.17, 15) is 14.9 Å². The number of nitro benzene ring substituents is 1. The predicted molar refractivity (Wildman–Crippen MR) is 78.5 cm³/mol. The van der Waals surface area contributed by atoms with Gasteiger partial charge < -0.3 is 4.98 Å². The fraction of sp³-hybridized carbons (Fsp3) is 0.267. The average Bonchev–Trinajstić information content (AvgIpc) is 2.82. The summed E-state index contributed by atoms with van der Waals surface area (Å²) in [6, 6.07) is 4.77. The van der Waals surface area contributed by atoms with Gasteiger partial charge in [0.15, 0.2) is 0 Å². The Labute approximate surface area is 116 Å². The fourth-order valence-corrected chi connectivity index (χ4v) is 2.21. The second-order valence-corrected chi connectivity index (χ2v) is 4.68. The molecule has 0 aliphatic heterocycles. The van der Waals surface area contributed by atoms with Crippen molar-refractivity contribution in [3.63, 3.8) is 0 Å². The number of carbonyl (C=O) groups is 1. The molecule has 0 aliphatic rings. The number of rotatable bonds is 5. The van der Waals surface area contributed by atoms with Gasteiger partial charge in [0.05, 0.1) is 10.4 Å². The number of hydrogen-bond acceptors (Lipinski definition) is 3. The maximum absolute atomic E-state index is 11.1. The van der Waals surface area contributed by atoms with Crippen molar-refractivity contribution in [3.8, 4) is 0 Å². The van der Waals surface area contributed by atoms with Crippen molar-refractivity contribution in [2.45, 2.75) is 26.7 Å². The molecule has 104 valence electrons. The van der Waals surface area contributed by atoms with Gasteiger partial charge in [0.2, 0.25) is 0 Å². The third-order valence-corrected chi connectivity index (χ3v) is 3.24. The third kappa shape index (κ3) is 2.77. The van der Waals surface area contributed by atoms with Gasteiger partial charge in [-0.1, -0.05) is 13.0 Å². The Morgan fingerprint density at radius 2 is 2.20 bits per heavy atom. The molecule has 5 nitrogen and oxygen atoms in total. The van der Waals surface area contributed by atoms with E-state index in [1.165, 1.54) is 12.1 Å². The molecule has 0 radical (unpaired) electrons. The van der Waals surface area contributed by atoms with Crippen molar-refractivity contribution in [2.75, 3.05) is 0 Å². The largest absolute Gasteiger partial charge is 0.360 e. The Bertz CT molecular complexity index is 698. The number of aromatic amines is 1. The van der Waals surface area contributed by atoms with Crippen molar-refractivity contribution in [3.05, 3.63) is 46.1 Å². The minimum atomic E-state index is -0.410. The van der Waals surface area contributed by atoms with E-state index >= 15 is 0 Å². The molecular formula is C15H16N2O3. The van der Waals surface area contributed by atoms with Crippen LogP contribution in [0.5, 0.6) is 0 Å². The zero-order valence-corrected chi connectivity index (χ0v) is 11.5. The maximum Gasteiger partial charge on any atom is 0.271 e. The number of non-ortho nitro benzene ring substituents is 1. The molecule has 0 aliphatic carbocycles. The first-order valence-corrected chi connectivity index (χ1v) is 6.47. The first kappa shape index (κ1) is 14.0. The normalized spacial score (nSPS) is 11.8. The monoisotopic (exact) mass is 272 g/mol. The number of benzene rings is 1. The number of nitrogens with one attached hydrogen (secondary N) is 1. The molecule has 2 aromatic rings. The Hall–Kier alpha value is -2.43. The van der Waals surface area contributed by atoms with E-state index in [-0.39, 0.29) is 11.5 Å². The number of aromatic nitrogens is 1. The Morgan fingerprint density at radius 3 is 2.80 bits per heavy atom. The summed E-state index contributed by atoms with van der Waals surface area (Å²) in [7, 11) is 0. The first-order valence-electron chi connectivity index (χ1n) is 6.47. The summed E-state index contributed by atoms with van der Waals surface area (Å²) in [6.07, 6.45) is 4.97. The van der Waals surface area contributed by atoms with Crippen molar-refractivity contribution in [1.29, 1.82) is 0 Å². The van der Waals surface area contributed by atoms with Crippen molar-refractivity contribution in [2.24, 2.45) is 0 Å². The van der Waals surface area contributed by atoms with E-state index in [1.807, 2.05) is 19.2 Å². The summed E-state index contributed by atoms with van der Waals surface area (Å²) in [5.74, 6) is 0.117. The van der Waals surface area contributed by atoms with Crippen LogP contribution in [0, 0.1) is 10.1 Å². The van der Waals surface area contributed by atoms with Crippen LogP contribution in [0.25, 0.3) is 16.5 Å². The number of carbonyl (C=O) groups excluding carboxylic acids is 1. The molecule has 0 atom stereocenters. The van der Waals surface area contributed by atoms with Gasteiger partial charge in [-0.25, -0.2) is 0 Å². The standard InChI is InChI=1S/C15H16N2O3/c1-3-11(5-4-10(2)18)14-9-16-15-8-12(17(19)20)6-7-13(14)15/h5-9,16H,3-4H2,1-2H3/b11-5+. The molecule has 0 amide bonds. The molecule has 2 rings (SSSR count). The summed E-state index contributed by atoms with van der Waals surface area (Å²) in [5.41, 5.74) is 2.87. The molecule has 5 heteroatoms. The number of allylic oxidation sites excluding steroid dienone is 2. The minimum Gasteiger partial charge on any atom is -0.360 e. The lowest BCUT2D eigenvalue weighted by atomic mass is 10.0. The highest BCUT2D eigenvalue weighted by molar-refractivity contribution is 5.94. The quantitative estimate of drug-likeness (QED) is 0.663. The average molecular weight is 272 g/mol. The van der Waals surface area contributed by atoms with Crippen LogP contribution in [0.1, 0.15) is 32.3 Å². The van der Waals surface area contributed by atoms with Gasteiger partial charge in [0.25, 0.3) is 5.69 Å². The van der Waals surface area contributed by atoms with Crippen LogP contribution in [-0.2, 0) is 4.79 Å². The SMILES string of the molecule is CC/C(=C\CC(C)=O)c1c[nH]c2cc([N+](=O)[O-])ccc12. The van der Waals surface area contributed by atoms with Crippen LogP contribution in [-0.4, -0.2) is 15.7 Å². The molecule has 0 spiro atoms. The van der Waals surface area contributed by atoms with Crippen LogP contribution in [0.15, 0.2) is 30.5 Å². The van der Waals surface area contributed by atoms with Crippen LogP contribution >= 0.6 is 0 Å². The first-order chi connectivity index (χ1) is 9.52. The topological polar surface area (TPSA) is 76.0 Å². The lowest BCUT2D eigenvalue weighted by Crippen LogP contribution is -1.89. The minimum absolute atomic E-state index is 0.0664. The molecule has 1 aromatic heterocycles. The lowest BCUT2D eigenvalue weighted by Gasteiger charge is -2.03. The van der Waals surface area contributed by atoms with E-state index < -0.39 is 4.92 Å². The van der Waals surface area contributed by atoms with Crippen molar-refractivity contribution < 1.29 is 9.72 Å². The predicted octanol–water partition coefficient (Wildman–Crippen LogP) is 3.85. The van der Waals surface area contributed by atoms with Crippen LogP contribution in [0.3, 0.4) is 0 Å². The van der Waals surface area contributed by atoms with E-state index in [0.717, 1.165) is 28.5 Å². The highest BCUT2D eigenvalue weighted by Gasteiger charge is 2.11. The van der Waals surface area contributed by atoms with Gasteiger partial charge in [-0.15, -0.1) is 0 Å². The van der Waals surface area contributed by atoms with Crippen LogP contribution in [0.2, 0.25) is 0 Å². The fourth-order valence-electron chi connectivity index (χ4n) is 2.21. The van der Waals surface area contributed by atoms with E-state index in [4.69, 9.17) is 0 Å². The van der Waals surface area contributed by atoms with E-state index in [2.05, 4.69) is 4.98 Å². The molecular weight excluding hydrogens is 256 g/mol. The number of fused-ring (bicyclic) bond motifs is 1. The number of nitro groups is 1. The summed E-state index contributed by atoms with van der Waals surface area (Å²) in [6.45, 7) is 3.58. The third-order valence-electron chi connectivity index (χ3n) is 3.24. The molecule has 0 saturated heterocycles. The number of ketones is 1. The highest BCUT2D eigenvalue weighted by atomic mass is 16.6. The lowest BCUT2D eigenvalue weighted by molar-refractivity contribution is -0.384. The molecule has 20 heavy (non-hydrogen) atoms. The smallest absolute Gasteiger partial charge is 0.271 e. The second-order valence-electron chi connectivity index (χ2n) is 4.68. The Balaban J connectivity index is 2.47. The summed E-state index contributed by atoms with van der Waals surface area (Å²) < 4.78 is 0. The zero-order chi connectivity index (χ0) is 14.7. The van der Waals surface area contributed by atoms with Gasteiger partial charge in [-0.05, 0) is 25.0 Å². The number of H-pyrrole nitrogens is 1. The number of hydrogen-bond donors (Lipinski definition) is 1. The number of nitrogens with zero attached hydrogens (tertiary/aromatic N) is 1. The molecule has 1 aromatic carbocycles. The number of Topliss-reactive ketones (excluding diaryl/α,β-unsaturated/α-hetero) is 1. The molecule has 0 unspecified atom stereocenters. The highest BCUT2D eigenvalue weighted by Crippen LogP contribution is 2.29. The maximum atomic E-state index is 11.1. The summed E-state index contributed by atoms with van der Waals surface area (Å²) >= 11 is 0. The zero-order valence-electron chi connectivity index (χ0n) is 11.5. The Morgan fingerprint density at radius 1 is 1.45 bits per heavy atom. The molecule has 0 saturated carbocycles.